The van der Waals surface area contributed by atoms with Crippen molar-refractivity contribution >= 4 is 45.6 Å². The van der Waals surface area contributed by atoms with Gasteiger partial charge in [0.2, 0.25) is 0 Å². The molecule has 10 heteroatoms. The Kier molecular flexibility index (Phi) is 4.84. The lowest BCUT2D eigenvalue weighted by molar-refractivity contribution is -0.167. The zero-order valence-electron chi connectivity index (χ0n) is 10.8. The lowest BCUT2D eigenvalue weighted by Crippen LogP contribution is -2.29. The number of amides is 1. The maximum atomic E-state index is 12.2. The molecule has 1 N–H and O–H groups in total. The summed E-state index contributed by atoms with van der Waals surface area (Å²) >= 11 is 12.8. The summed E-state index contributed by atoms with van der Waals surface area (Å²) in [5.74, 6) is -1.80. The first kappa shape index (κ1) is 16.9. The summed E-state index contributed by atoms with van der Waals surface area (Å²) in [4.78, 5) is 14.7. The van der Waals surface area contributed by atoms with Crippen LogP contribution in [0, 0.1) is 0 Å². The van der Waals surface area contributed by atoms with Gasteiger partial charge in [0, 0.05) is 10.9 Å². The van der Waals surface area contributed by atoms with E-state index < -0.39 is 12.1 Å². The van der Waals surface area contributed by atoms with E-state index in [2.05, 4.69) is 4.98 Å². The van der Waals surface area contributed by atoms with Crippen LogP contribution in [0.15, 0.2) is 17.5 Å². The number of nitrogens with one attached hydrogen (secondary N) is 1. The van der Waals surface area contributed by atoms with E-state index in [1.165, 1.54) is 24.6 Å². The third kappa shape index (κ3) is 3.63. The Balaban J connectivity index is 2.27. The minimum Gasteiger partial charge on any atom is -0.494 e. The van der Waals surface area contributed by atoms with Gasteiger partial charge in [0.05, 0.1) is 22.8 Å². The van der Waals surface area contributed by atoms with Gasteiger partial charge < -0.3 is 4.74 Å². The van der Waals surface area contributed by atoms with Crippen molar-refractivity contribution in [3.8, 4) is 17.0 Å². The quantitative estimate of drug-likeness (QED) is 0.856. The second-order valence-electron chi connectivity index (χ2n) is 3.96. The number of halogens is 5. The molecule has 0 unspecified atom stereocenters. The van der Waals surface area contributed by atoms with Gasteiger partial charge in [0.25, 0.3) is 0 Å². The number of anilines is 1. The molecule has 2 aromatic rings. The lowest BCUT2D eigenvalue weighted by atomic mass is 10.1. The van der Waals surface area contributed by atoms with Crippen molar-refractivity contribution in [2.75, 3.05) is 12.4 Å². The van der Waals surface area contributed by atoms with E-state index in [4.69, 9.17) is 27.9 Å². The molecule has 0 bridgehead atoms. The van der Waals surface area contributed by atoms with Crippen molar-refractivity contribution in [3.05, 3.63) is 27.6 Å². The first-order valence-electron chi connectivity index (χ1n) is 5.59. The smallest absolute Gasteiger partial charge is 0.471 e. The van der Waals surface area contributed by atoms with Gasteiger partial charge in [-0.15, -0.1) is 11.3 Å². The molecule has 1 amide bonds. The van der Waals surface area contributed by atoms with E-state index >= 15 is 0 Å². The fourth-order valence-electron chi connectivity index (χ4n) is 1.53. The van der Waals surface area contributed by atoms with E-state index in [9.17, 15) is 18.0 Å². The van der Waals surface area contributed by atoms with E-state index in [0.29, 0.717) is 11.3 Å². The molecule has 1 aromatic carbocycles. The van der Waals surface area contributed by atoms with Gasteiger partial charge in [-0.05, 0) is 12.1 Å². The normalized spacial score (nSPS) is 11.4. The number of hydrogen-bond donors (Lipinski definition) is 1. The predicted molar refractivity (Wildman–Crippen MR) is 78.8 cm³/mol. The van der Waals surface area contributed by atoms with Crippen LogP contribution in [-0.2, 0) is 4.79 Å². The second kappa shape index (κ2) is 6.31. The van der Waals surface area contributed by atoms with E-state index in [1.54, 1.807) is 5.32 Å². The maximum absolute atomic E-state index is 12.2. The molecule has 4 nitrogen and oxygen atoms in total. The lowest BCUT2D eigenvalue weighted by Gasteiger charge is -2.07. The Hall–Kier alpha value is -1.51. The van der Waals surface area contributed by atoms with E-state index in [0.717, 1.165) is 11.3 Å². The molecule has 0 aliphatic heterocycles. The van der Waals surface area contributed by atoms with Crippen LogP contribution in [-0.4, -0.2) is 24.2 Å². The molecule has 0 fully saturated rings. The number of alkyl halides is 3. The highest BCUT2D eigenvalue weighted by molar-refractivity contribution is 7.14. The molecule has 0 aliphatic carbocycles. The Labute approximate surface area is 136 Å². The highest BCUT2D eigenvalue weighted by atomic mass is 35.5. The van der Waals surface area contributed by atoms with Crippen molar-refractivity contribution in [1.82, 2.24) is 4.98 Å². The molecule has 0 radical (unpaired) electrons. The van der Waals surface area contributed by atoms with Crippen LogP contribution in [0.4, 0.5) is 18.3 Å². The Morgan fingerprint density at radius 1 is 1.32 bits per heavy atom. The van der Waals surface area contributed by atoms with Gasteiger partial charge in [0.1, 0.15) is 0 Å². The average molecular weight is 371 g/mol. The molecule has 1 aromatic heterocycles. The standard InChI is InChI=1S/C12H7Cl2F3N2O2S/c1-21-9-6(13)2-5(3-7(9)14)8-4-22-11(18-8)19-10(20)12(15,16)17/h2-4H,1H3,(H,18,19,20). The van der Waals surface area contributed by atoms with Gasteiger partial charge in [-0.3, -0.25) is 10.1 Å². The van der Waals surface area contributed by atoms with Gasteiger partial charge in [-0.1, -0.05) is 23.2 Å². The molecule has 0 atom stereocenters. The summed E-state index contributed by atoms with van der Waals surface area (Å²) in [5.41, 5.74) is 0.813. The zero-order chi connectivity index (χ0) is 16.5. The summed E-state index contributed by atoms with van der Waals surface area (Å²) in [7, 11) is 1.40. The molecule has 0 aliphatic rings. The van der Waals surface area contributed by atoms with Crippen molar-refractivity contribution < 1.29 is 22.7 Å². The number of hydrogen-bond acceptors (Lipinski definition) is 4. The number of benzene rings is 1. The minimum absolute atomic E-state index is 0.180. The molecule has 0 spiro atoms. The Bertz CT molecular complexity index is 696. The zero-order valence-corrected chi connectivity index (χ0v) is 13.1. The van der Waals surface area contributed by atoms with Crippen LogP contribution in [0.1, 0.15) is 0 Å². The molecule has 0 saturated heterocycles. The van der Waals surface area contributed by atoms with Gasteiger partial charge in [-0.25, -0.2) is 4.98 Å². The number of carbonyl (C=O) groups is 1. The molecular formula is C12H7Cl2F3N2O2S. The van der Waals surface area contributed by atoms with Gasteiger partial charge in [-0.2, -0.15) is 13.2 Å². The molecule has 0 saturated carbocycles. The number of ether oxygens (including phenoxy) is 1. The largest absolute Gasteiger partial charge is 0.494 e. The third-order valence-corrected chi connectivity index (χ3v) is 3.80. The topological polar surface area (TPSA) is 51.2 Å². The fourth-order valence-corrected chi connectivity index (χ4v) is 2.89. The fraction of sp³-hybridized carbons (Fsp3) is 0.167. The van der Waals surface area contributed by atoms with E-state index in [-0.39, 0.29) is 20.9 Å². The predicted octanol–water partition coefficient (Wildman–Crippen LogP) is 4.63. The molecule has 2 rings (SSSR count). The number of carbonyl (C=O) groups excluding carboxylic acids is 1. The number of nitrogens with zero attached hydrogens (tertiary/aromatic N) is 1. The van der Waals surface area contributed by atoms with Gasteiger partial charge in [0.15, 0.2) is 10.9 Å². The highest BCUT2D eigenvalue weighted by Crippen LogP contribution is 2.38. The minimum atomic E-state index is -4.97. The van der Waals surface area contributed by atoms with Crippen molar-refractivity contribution in [2.24, 2.45) is 0 Å². The average Bonchev–Trinajstić information content (AvgIpc) is 2.85. The number of aromatic nitrogens is 1. The molecule has 22 heavy (non-hydrogen) atoms. The first-order chi connectivity index (χ1) is 10.2. The molecular weight excluding hydrogens is 364 g/mol. The van der Waals surface area contributed by atoms with Crippen LogP contribution in [0.25, 0.3) is 11.3 Å². The number of thiazole rings is 1. The maximum Gasteiger partial charge on any atom is 0.471 e. The third-order valence-electron chi connectivity index (χ3n) is 2.48. The van der Waals surface area contributed by atoms with Gasteiger partial charge >= 0.3 is 12.1 Å². The van der Waals surface area contributed by atoms with Crippen molar-refractivity contribution in [1.29, 1.82) is 0 Å². The van der Waals surface area contributed by atoms with Crippen LogP contribution in [0.5, 0.6) is 5.75 Å². The summed E-state index contributed by atoms with van der Waals surface area (Å²) in [5, 5.41) is 3.44. The monoisotopic (exact) mass is 370 g/mol. The first-order valence-corrected chi connectivity index (χ1v) is 7.23. The Morgan fingerprint density at radius 2 is 1.91 bits per heavy atom. The second-order valence-corrected chi connectivity index (χ2v) is 5.64. The highest BCUT2D eigenvalue weighted by Gasteiger charge is 2.39. The van der Waals surface area contributed by atoms with Crippen molar-refractivity contribution in [3.63, 3.8) is 0 Å². The summed E-state index contributed by atoms with van der Waals surface area (Å²) in [6.45, 7) is 0. The van der Waals surface area contributed by atoms with Crippen molar-refractivity contribution in [2.45, 2.75) is 6.18 Å². The summed E-state index contributed by atoms with van der Waals surface area (Å²) < 4.78 is 41.5. The number of methoxy groups -OCH3 is 1. The molecule has 1 heterocycles. The van der Waals surface area contributed by atoms with E-state index in [1.807, 2.05) is 0 Å². The van der Waals surface area contributed by atoms with Crippen LogP contribution < -0.4 is 10.1 Å². The number of rotatable bonds is 3. The summed E-state index contributed by atoms with van der Waals surface area (Å²) in [6.07, 6.45) is -4.97. The SMILES string of the molecule is COc1c(Cl)cc(-c2csc(NC(=O)C(F)(F)F)n2)cc1Cl. The van der Waals surface area contributed by atoms with Crippen LogP contribution in [0.2, 0.25) is 10.0 Å². The van der Waals surface area contributed by atoms with Crippen LogP contribution >= 0.6 is 34.5 Å². The Morgan fingerprint density at radius 3 is 2.41 bits per heavy atom. The van der Waals surface area contributed by atoms with Crippen LogP contribution in [0.3, 0.4) is 0 Å². The summed E-state index contributed by atoms with van der Waals surface area (Å²) in [6, 6.07) is 3.02. The molecule has 118 valence electrons.